The van der Waals surface area contributed by atoms with Gasteiger partial charge in [0.05, 0.1) is 0 Å². The van der Waals surface area contributed by atoms with Gasteiger partial charge in [0.25, 0.3) is 0 Å². The van der Waals surface area contributed by atoms with Crippen molar-refractivity contribution in [3.8, 4) is 0 Å². The molecule has 0 aromatic heterocycles. The van der Waals surface area contributed by atoms with Crippen LogP contribution in [0.5, 0.6) is 0 Å². The molecule has 1 heterocycles. The Labute approximate surface area is 117 Å². The molecule has 1 N–H and O–H groups in total. The van der Waals surface area contributed by atoms with E-state index in [2.05, 4.69) is 50.8 Å². The van der Waals surface area contributed by atoms with Crippen molar-refractivity contribution in [2.24, 2.45) is 5.92 Å². The van der Waals surface area contributed by atoms with Gasteiger partial charge in [0.2, 0.25) is 0 Å². The smallest absolute Gasteiger partial charge is 0.0434 e. The summed E-state index contributed by atoms with van der Waals surface area (Å²) in [7, 11) is 0. The number of piperidine rings is 1. The first-order valence-electron chi connectivity index (χ1n) is 7.40. The molecule has 1 aliphatic rings. The maximum absolute atomic E-state index is 9.20. The number of nitrogens with zero attached hydrogens (tertiary/aromatic N) is 1. The second-order valence-electron chi connectivity index (χ2n) is 6.58. The van der Waals surface area contributed by atoms with Crippen LogP contribution in [0.1, 0.15) is 44.2 Å². The summed E-state index contributed by atoms with van der Waals surface area (Å²) >= 11 is 0. The number of rotatable bonds is 3. The Kier molecular flexibility index (Phi) is 4.19. The van der Waals surface area contributed by atoms with E-state index in [0.29, 0.717) is 12.5 Å². The third-order valence-electron chi connectivity index (χ3n) is 4.58. The van der Waals surface area contributed by atoms with Gasteiger partial charge in [0.15, 0.2) is 0 Å². The normalized spacial score (nSPS) is 22.6. The van der Waals surface area contributed by atoms with Crippen molar-refractivity contribution in [3.63, 3.8) is 0 Å². The highest BCUT2D eigenvalue weighted by atomic mass is 16.3. The van der Waals surface area contributed by atoms with Gasteiger partial charge in [-0.3, -0.25) is 0 Å². The molecule has 1 saturated heterocycles. The van der Waals surface area contributed by atoms with Crippen LogP contribution in [0, 0.1) is 19.8 Å². The SMILES string of the molecule is Cc1cccc(C)c1N1CC(CCO)CCC1(C)C. The van der Waals surface area contributed by atoms with Crippen LogP contribution in [-0.4, -0.2) is 23.8 Å². The zero-order chi connectivity index (χ0) is 14.0. The minimum atomic E-state index is 0.211. The lowest BCUT2D eigenvalue weighted by molar-refractivity contribution is 0.217. The summed E-state index contributed by atoms with van der Waals surface area (Å²) in [5, 5.41) is 9.20. The standard InChI is InChI=1S/C17H27NO/c1-13-6-5-7-14(2)16(13)18-12-15(9-11-19)8-10-17(18,3)4/h5-7,15,19H,8-12H2,1-4H3. The van der Waals surface area contributed by atoms with Gasteiger partial charge >= 0.3 is 0 Å². The van der Waals surface area contributed by atoms with Gasteiger partial charge in [-0.1, -0.05) is 18.2 Å². The lowest BCUT2D eigenvalue weighted by Gasteiger charge is -2.48. The quantitative estimate of drug-likeness (QED) is 0.897. The van der Waals surface area contributed by atoms with Crippen LogP contribution >= 0.6 is 0 Å². The Morgan fingerprint density at radius 3 is 2.47 bits per heavy atom. The van der Waals surface area contributed by atoms with E-state index in [1.807, 2.05) is 0 Å². The lowest BCUT2D eigenvalue weighted by Crippen LogP contribution is -2.51. The summed E-state index contributed by atoms with van der Waals surface area (Å²) in [6.45, 7) is 10.5. The van der Waals surface area contributed by atoms with E-state index >= 15 is 0 Å². The zero-order valence-corrected chi connectivity index (χ0v) is 12.7. The summed E-state index contributed by atoms with van der Waals surface area (Å²) in [4.78, 5) is 2.57. The number of aryl methyl sites for hydroxylation is 2. The molecular weight excluding hydrogens is 234 g/mol. The molecule has 1 aromatic carbocycles. The number of para-hydroxylation sites is 1. The average molecular weight is 261 g/mol. The van der Waals surface area contributed by atoms with Gasteiger partial charge < -0.3 is 10.0 Å². The fourth-order valence-electron chi connectivity index (χ4n) is 3.33. The van der Waals surface area contributed by atoms with E-state index < -0.39 is 0 Å². The van der Waals surface area contributed by atoms with E-state index in [0.717, 1.165) is 13.0 Å². The largest absolute Gasteiger partial charge is 0.396 e. The molecule has 0 spiro atoms. The highest BCUT2D eigenvalue weighted by molar-refractivity contribution is 5.60. The monoisotopic (exact) mass is 261 g/mol. The van der Waals surface area contributed by atoms with Crippen LogP contribution in [-0.2, 0) is 0 Å². The van der Waals surface area contributed by atoms with Gasteiger partial charge in [-0.2, -0.15) is 0 Å². The molecule has 1 atom stereocenters. The van der Waals surface area contributed by atoms with Crippen molar-refractivity contribution in [1.29, 1.82) is 0 Å². The van der Waals surface area contributed by atoms with Crippen LogP contribution in [0.25, 0.3) is 0 Å². The maximum atomic E-state index is 9.20. The first-order valence-corrected chi connectivity index (χ1v) is 7.40. The predicted octanol–water partition coefficient (Wildman–Crippen LogP) is 3.68. The Morgan fingerprint density at radius 2 is 1.89 bits per heavy atom. The lowest BCUT2D eigenvalue weighted by atomic mass is 9.82. The molecule has 0 aliphatic carbocycles. The summed E-state index contributed by atoms with van der Waals surface area (Å²) in [5.74, 6) is 0.622. The summed E-state index contributed by atoms with van der Waals surface area (Å²) in [5.41, 5.74) is 4.33. The fraction of sp³-hybridized carbons (Fsp3) is 0.647. The van der Waals surface area contributed by atoms with Crippen LogP contribution in [0.15, 0.2) is 18.2 Å². The molecule has 0 bridgehead atoms. The van der Waals surface area contributed by atoms with E-state index in [-0.39, 0.29) is 5.54 Å². The molecule has 19 heavy (non-hydrogen) atoms. The molecule has 1 fully saturated rings. The van der Waals surface area contributed by atoms with Crippen molar-refractivity contribution < 1.29 is 5.11 Å². The second kappa shape index (κ2) is 5.54. The van der Waals surface area contributed by atoms with Gasteiger partial charge in [0.1, 0.15) is 0 Å². The third kappa shape index (κ3) is 2.94. The fourth-order valence-corrected chi connectivity index (χ4v) is 3.33. The maximum Gasteiger partial charge on any atom is 0.0434 e. The minimum absolute atomic E-state index is 0.211. The molecule has 1 aliphatic heterocycles. The van der Waals surface area contributed by atoms with Crippen LogP contribution in [0.4, 0.5) is 5.69 Å². The number of hydrogen-bond donors (Lipinski definition) is 1. The van der Waals surface area contributed by atoms with Crippen molar-refractivity contribution in [2.75, 3.05) is 18.1 Å². The predicted molar refractivity (Wildman–Crippen MR) is 81.8 cm³/mol. The Morgan fingerprint density at radius 1 is 1.26 bits per heavy atom. The molecule has 2 heteroatoms. The number of aliphatic hydroxyl groups excluding tert-OH is 1. The highest BCUT2D eigenvalue weighted by Gasteiger charge is 2.35. The van der Waals surface area contributed by atoms with E-state index in [1.54, 1.807) is 0 Å². The molecule has 2 nitrogen and oxygen atoms in total. The van der Waals surface area contributed by atoms with E-state index in [4.69, 9.17) is 0 Å². The number of aliphatic hydroxyl groups is 1. The van der Waals surface area contributed by atoms with E-state index in [9.17, 15) is 5.11 Å². The number of anilines is 1. The first kappa shape index (κ1) is 14.4. The minimum Gasteiger partial charge on any atom is -0.396 e. The molecular formula is C17H27NO. The van der Waals surface area contributed by atoms with E-state index in [1.165, 1.54) is 29.7 Å². The molecule has 1 aromatic rings. The highest BCUT2D eigenvalue weighted by Crippen LogP contribution is 2.38. The molecule has 1 unspecified atom stereocenters. The topological polar surface area (TPSA) is 23.5 Å². The van der Waals surface area contributed by atoms with Gasteiger partial charge in [0, 0.05) is 24.4 Å². The summed E-state index contributed by atoms with van der Waals surface area (Å²) in [6, 6.07) is 6.54. The second-order valence-corrected chi connectivity index (χ2v) is 6.58. The number of hydrogen-bond acceptors (Lipinski definition) is 2. The molecule has 0 radical (unpaired) electrons. The van der Waals surface area contributed by atoms with Gasteiger partial charge in [-0.25, -0.2) is 0 Å². The van der Waals surface area contributed by atoms with Crippen molar-refractivity contribution in [2.45, 2.75) is 52.5 Å². The molecule has 2 rings (SSSR count). The van der Waals surface area contributed by atoms with Crippen LogP contribution < -0.4 is 4.90 Å². The van der Waals surface area contributed by atoms with Gasteiger partial charge in [-0.15, -0.1) is 0 Å². The van der Waals surface area contributed by atoms with Crippen molar-refractivity contribution >= 4 is 5.69 Å². The third-order valence-corrected chi connectivity index (χ3v) is 4.58. The molecule has 106 valence electrons. The number of benzene rings is 1. The van der Waals surface area contributed by atoms with Crippen molar-refractivity contribution in [1.82, 2.24) is 0 Å². The Hall–Kier alpha value is -1.02. The zero-order valence-electron chi connectivity index (χ0n) is 12.7. The summed E-state index contributed by atoms with van der Waals surface area (Å²) < 4.78 is 0. The Bertz CT molecular complexity index is 419. The summed E-state index contributed by atoms with van der Waals surface area (Å²) in [6.07, 6.45) is 3.36. The van der Waals surface area contributed by atoms with Crippen LogP contribution in [0.2, 0.25) is 0 Å². The first-order chi connectivity index (χ1) is 8.95. The molecule has 0 amide bonds. The van der Waals surface area contributed by atoms with Gasteiger partial charge in [-0.05, 0) is 64.0 Å². The van der Waals surface area contributed by atoms with Crippen molar-refractivity contribution in [3.05, 3.63) is 29.3 Å². The molecule has 0 saturated carbocycles. The Balaban J connectivity index is 2.33. The van der Waals surface area contributed by atoms with Crippen LogP contribution in [0.3, 0.4) is 0 Å². The average Bonchev–Trinajstić information content (AvgIpc) is 2.33.